The molecule has 0 bridgehead atoms. The molecule has 0 saturated heterocycles. The Morgan fingerprint density at radius 1 is 0.864 bits per heavy atom. The van der Waals surface area contributed by atoms with Crippen LogP contribution in [0.15, 0.2) is 42.5 Å². The summed E-state index contributed by atoms with van der Waals surface area (Å²) in [4.78, 5) is 0. The second kappa shape index (κ2) is 10.2. The van der Waals surface area contributed by atoms with Gasteiger partial charge in [-0.15, -0.1) is 0 Å². The molecule has 2 aromatic carbocycles. The standard InChI is InChI=1S/C18H25NO3/c1-20-12-5-10-19-11-13-21-14-15-22-18-9-4-7-16-6-2-3-8-17(16)18/h2-4,6-9,19H,5,10-15H2,1H3/p+1. The minimum absolute atomic E-state index is 0.581. The molecule has 22 heavy (non-hydrogen) atoms. The van der Waals surface area contributed by atoms with E-state index in [9.17, 15) is 0 Å². The lowest BCUT2D eigenvalue weighted by Crippen LogP contribution is -2.85. The second-order valence-electron chi connectivity index (χ2n) is 5.15. The molecular weight excluding hydrogens is 278 g/mol. The van der Waals surface area contributed by atoms with E-state index >= 15 is 0 Å². The summed E-state index contributed by atoms with van der Waals surface area (Å²) in [6.07, 6.45) is 1.08. The van der Waals surface area contributed by atoms with Crippen LogP contribution in [-0.2, 0) is 9.47 Å². The van der Waals surface area contributed by atoms with Gasteiger partial charge in [-0.2, -0.15) is 0 Å². The number of rotatable bonds is 11. The molecule has 0 heterocycles. The van der Waals surface area contributed by atoms with Crippen molar-refractivity contribution in [3.8, 4) is 5.75 Å². The summed E-state index contributed by atoms with van der Waals surface area (Å²) >= 11 is 0. The number of hydrogen-bond donors (Lipinski definition) is 1. The molecule has 0 unspecified atom stereocenters. The molecule has 2 N–H and O–H groups in total. The number of nitrogens with two attached hydrogens (primary N) is 1. The maximum absolute atomic E-state index is 5.83. The Labute approximate surface area is 132 Å². The van der Waals surface area contributed by atoms with Crippen LogP contribution in [0.5, 0.6) is 5.75 Å². The Balaban J connectivity index is 1.59. The average Bonchev–Trinajstić information content (AvgIpc) is 2.56. The molecule has 4 nitrogen and oxygen atoms in total. The normalized spacial score (nSPS) is 11.0. The summed E-state index contributed by atoms with van der Waals surface area (Å²) in [7, 11) is 1.74. The van der Waals surface area contributed by atoms with E-state index in [2.05, 4.69) is 23.5 Å². The molecular formula is C18H26NO3+. The van der Waals surface area contributed by atoms with Gasteiger partial charge in [0.1, 0.15) is 12.4 Å². The lowest BCUT2D eigenvalue weighted by atomic mass is 10.1. The zero-order valence-electron chi connectivity index (χ0n) is 13.3. The van der Waals surface area contributed by atoms with Crippen molar-refractivity contribution in [2.24, 2.45) is 0 Å². The Kier molecular flexibility index (Phi) is 7.74. The van der Waals surface area contributed by atoms with Gasteiger partial charge in [0, 0.05) is 18.9 Å². The molecule has 0 aliphatic rings. The molecule has 0 saturated carbocycles. The Hall–Kier alpha value is -1.62. The van der Waals surface area contributed by atoms with Gasteiger partial charge in [-0.3, -0.25) is 0 Å². The third-order valence-corrected chi connectivity index (χ3v) is 3.46. The van der Waals surface area contributed by atoms with E-state index < -0.39 is 0 Å². The molecule has 0 radical (unpaired) electrons. The topological polar surface area (TPSA) is 44.3 Å². The van der Waals surface area contributed by atoms with Gasteiger partial charge in [-0.1, -0.05) is 36.4 Å². The van der Waals surface area contributed by atoms with Crippen LogP contribution in [0.2, 0.25) is 0 Å². The number of ether oxygens (including phenoxy) is 3. The van der Waals surface area contributed by atoms with E-state index in [-0.39, 0.29) is 0 Å². The molecule has 0 atom stereocenters. The van der Waals surface area contributed by atoms with Crippen LogP contribution in [0, 0.1) is 0 Å². The molecule has 0 aliphatic heterocycles. The highest BCUT2D eigenvalue weighted by atomic mass is 16.5. The van der Waals surface area contributed by atoms with Gasteiger partial charge in [0.05, 0.1) is 32.9 Å². The summed E-state index contributed by atoms with van der Waals surface area (Å²) in [6.45, 7) is 4.86. The lowest BCUT2D eigenvalue weighted by Gasteiger charge is -2.09. The Morgan fingerprint density at radius 3 is 2.64 bits per heavy atom. The largest absolute Gasteiger partial charge is 0.491 e. The minimum Gasteiger partial charge on any atom is -0.491 e. The highest BCUT2D eigenvalue weighted by molar-refractivity contribution is 5.88. The zero-order chi connectivity index (χ0) is 15.5. The van der Waals surface area contributed by atoms with Crippen LogP contribution in [0.25, 0.3) is 10.8 Å². The highest BCUT2D eigenvalue weighted by Gasteiger charge is 2.00. The van der Waals surface area contributed by atoms with Gasteiger partial charge >= 0.3 is 0 Å². The number of fused-ring (bicyclic) bond motifs is 1. The van der Waals surface area contributed by atoms with Gasteiger partial charge in [-0.05, 0) is 11.5 Å². The number of methoxy groups -OCH3 is 1. The number of benzene rings is 2. The number of hydrogen-bond acceptors (Lipinski definition) is 3. The van der Waals surface area contributed by atoms with E-state index in [0.717, 1.165) is 43.9 Å². The quantitative estimate of drug-likeness (QED) is 0.644. The predicted molar refractivity (Wildman–Crippen MR) is 88.4 cm³/mol. The van der Waals surface area contributed by atoms with Crippen molar-refractivity contribution >= 4 is 10.8 Å². The fraction of sp³-hybridized carbons (Fsp3) is 0.444. The molecule has 0 fully saturated rings. The van der Waals surface area contributed by atoms with Crippen LogP contribution in [0.3, 0.4) is 0 Å². The van der Waals surface area contributed by atoms with Gasteiger partial charge < -0.3 is 19.5 Å². The molecule has 0 aromatic heterocycles. The number of quaternary nitrogens is 1. The summed E-state index contributed by atoms with van der Waals surface area (Å²) in [5.74, 6) is 0.924. The van der Waals surface area contributed by atoms with Crippen LogP contribution >= 0.6 is 0 Å². The van der Waals surface area contributed by atoms with Crippen molar-refractivity contribution in [2.75, 3.05) is 46.6 Å². The van der Waals surface area contributed by atoms with Crippen LogP contribution in [0.1, 0.15) is 6.42 Å². The summed E-state index contributed by atoms with van der Waals surface area (Å²) in [5, 5.41) is 4.60. The van der Waals surface area contributed by atoms with Crippen LogP contribution in [0.4, 0.5) is 0 Å². The molecule has 0 amide bonds. The third kappa shape index (κ3) is 5.64. The minimum atomic E-state index is 0.581. The van der Waals surface area contributed by atoms with Crippen molar-refractivity contribution in [1.82, 2.24) is 0 Å². The summed E-state index contributed by atoms with van der Waals surface area (Å²) in [5.41, 5.74) is 0. The van der Waals surface area contributed by atoms with Crippen molar-refractivity contribution in [1.29, 1.82) is 0 Å². The van der Waals surface area contributed by atoms with Crippen molar-refractivity contribution in [3.63, 3.8) is 0 Å². The van der Waals surface area contributed by atoms with Gasteiger partial charge in [0.25, 0.3) is 0 Å². The van der Waals surface area contributed by atoms with Gasteiger partial charge in [0.15, 0.2) is 0 Å². The lowest BCUT2D eigenvalue weighted by molar-refractivity contribution is -0.656. The van der Waals surface area contributed by atoms with E-state index in [1.54, 1.807) is 7.11 Å². The van der Waals surface area contributed by atoms with E-state index in [4.69, 9.17) is 14.2 Å². The zero-order valence-corrected chi connectivity index (χ0v) is 13.3. The fourth-order valence-corrected chi connectivity index (χ4v) is 2.32. The summed E-state index contributed by atoms with van der Waals surface area (Å²) < 4.78 is 16.4. The third-order valence-electron chi connectivity index (χ3n) is 3.46. The molecule has 0 aliphatic carbocycles. The van der Waals surface area contributed by atoms with Crippen LogP contribution in [-0.4, -0.2) is 46.6 Å². The first-order chi connectivity index (χ1) is 10.9. The molecule has 120 valence electrons. The monoisotopic (exact) mass is 304 g/mol. The molecule has 4 heteroatoms. The average molecular weight is 304 g/mol. The van der Waals surface area contributed by atoms with E-state index in [0.29, 0.717) is 13.2 Å². The summed E-state index contributed by atoms with van der Waals surface area (Å²) in [6, 6.07) is 14.4. The first kappa shape index (κ1) is 16.7. The molecule has 2 rings (SSSR count). The van der Waals surface area contributed by atoms with Crippen LogP contribution < -0.4 is 10.1 Å². The fourth-order valence-electron chi connectivity index (χ4n) is 2.32. The van der Waals surface area contributed by atoms with E-state index in [1.165, 1.54) is 5.39 Å². The molecule has 0 spiro atoms. The van der Waals surface area contributed by atoms with Gasteiger partial charge in [0.2, 0.25) is 0 Å². The smallest absolute Gasteiger partial charge is 0.127 e. The maximum Gasteiger partial charge on any atom is 0.127 e. The second-order valence-corrected chi connectivity index (χ2v) is 5.15. The molecule has 2 aromatic rings. The Morgan fingerprint density at radius 2 is 1.73 bits per heavy atom. The van der Waals surface area contributed by atoms with Crippen molar-refractivity contribution in [2.45, 2.75) is 6.42 Å². The van der Waals surface area contributed by atoms with Gasteiger partial charge in [-0.25, -0.2) is 0 Å². The SMILES string of the molecule is COCCC[NH2+]CCOCCOc1cccc2ccccc12. The first-order valence-corrected chi connectivity index (χ1v) is 7.90. The Bertz CT molecular complexity index is 539. The predicted octanol–water partition coefficient (Wildman–Crippen LogP) is 1.84. The van der Waals surface area contributed by atoms with Crippen molar-refractivity contribution < 1.29 is 19.5 Å². The first-order valence-electron chi connectivity index (χ1n) is 7.90. The highest BCUT2D eigenvalue weighted by Crippen LogP contribution is 2.24. The van der Waals surface area contributed by atoms with E-state index in [1.807, 2.05) is 24.3 Å². The maximum atomic E-state index is 5.83. The van der Waals surface area contributed by atoms with Crippen molar-refractivity contribution in [3.05, 3.63) is 42.5 Å².